The molecule has 1 unspecified atom stereocenters. The van der Waals surface area contributed by atoms with Gasteiger partial charge in [0.15, 0.2) is 17.4 Å². The maximum absolute atomic E-state index is 13.4. The first-order valence-electron chi connectivity index (χ1n) is 4.79. The summed E-state index contributed by atoms with van der Waals surface area (Å²) in [5, 5.41) is 0. The highest BCUT2D eigenvalue weighted by Crippen LogP contribution is 2.25. The van der Waals surface area contributed by atoms with Gasteiger partial charge in [-0.3, -0.25) is 0 Å². The third-order valence-corrected chi connectivity index (χ3v) is 2.41. The van der Waals surface area contributed by atoms with Crippen molar-refractivity contribution in [3.05, 3.63) is 29.3 Å². The highest BCUT2D eigenvalue weighted by atomic mass is 35.5. The first-order chi connectivity index (χ1) is 7.08. The zero-order valence-electron chi connectivity index (χ0n) is 8.69. The van der Waals surface area contributed by atoms with E-state index >= 15 is 0 Å². The third-order valence-electron chi connectivity index (χ3n) is 2.11. The minimum absolute atomic E-state index is 0.0808. The molecular weight excluding hydrogens is 222 g/mol. The average Bonchev–Trinajstić information content (AvgIpc) is 2.22. The number of alkyl halides is 1. The highest BCUT2D eigenvalue weighted by Gasteiger charge is 2.14. The Labute approximate surface area is 93.0 Å². The number of benzene rings is 1. The van der Waals surface area contributed by atoms with Crippen LogP contribution in [0.2, 0.25) is 0 Å². The SMILES string of the molecule is CCC(C)Oc1c(F)cc(CCl)cc1F. The van der Waals surface area contributed by atoms with E-state index in [0.29, 0.717) is 12.0 Å². The predicted molar refractivity (Wildman–Crippen MR) is 56.3 cm³/mol. The van der Waals surface area contributed by atoms with Crippen molar-refractivity contribution in [1.82, 2.24) is 0 Å². The first-order valence-corrected chi connectivity index (χ1v) is 5.32. The minimum Gasteiger partial charge on any atom is -0.485 e. The Bertz CT molecular complexity index is 318. The molecule has 0 aliphatic rings. The van der Waals surface area contributed by atoms with Crippen molar-refractivity contribution in [2.75, 3.05) is 0 Å². The Balaban J connectivity index is 2.98. The van der Waals surface area contributed by atoms with Crippen molar-refractivity contribution in [3.8, 4) is 5.75 Å². The largest absolute Gasteiger partial charge is 0.485 e. The molecule has 0 aliphatic carbocycles. The van der Waals surface area contributed by atoms with E-state index < -0.39 is 11.6 Å². The van der Waals surface area contributed by atoms with Gasteiger partial charge in [-0.25, -0.2) is 8.78 Å². The maximum atomic E-state index is 13.4. The molecule has 1 aromatic carbocycles. The van der Waals surface area contributed by atoms with Gasteiger partial charge in [0.25, 0.3) is 0 Å². The van der Waals surface area contributed by atoms with E-state index in [1.54, 1.807) is 6.92 Å². The Morgan fingerprint density at radius 3 is 2.27 bits per heavy atom. The molecular formula is C11H13ClF2O. The summed E-state index contributed by atoms with van der Waals surface area (Å²) in [5.41, 5.74) is 0.406. The maximum Gasteiger partial charge on any atom is 0.191 e. The van der Waals surface area contributed by atoms with Crippen LogP contribution in [0.4, 0.5) is 8.78 Å². The number of hydrogen-bond acceptors (Lipinski definition) is 1. The second-order valence-corrected chi connectivity index (χ2v) is 3.63. The summed E-state index contributed by atoms with van der Waals surface area (Å²) in [6.07, 6.45) is 0.478. The van der Waals surface area contributed by atoms with Crippen molar-refractivity contribution in [1.29, 1.82) is 0 Å². The monoisotopic (exact) mass is 234 g/mol. The van der Waals surface area contributed by atoms with E-state index in [-0.39, 0.29) is 17.7 Å². The molecule has 0 heterocycles. The van der Waals surface area contributed by atoms with Gasteiger partial charge in [-0.15, -0.1) is 11.6 Å². The van der Waals surface area contributed by atoms with Gasteiger partial charge < -0.3 is 4.74 Å². The van der Waals surface area contributed by atoms with E-state index in [4.69, 9.17) is 16.3 Å². The molecule has 0 aliphatic heterocycles. The fraction of sp³-hybridized carbons (Fsp3) is 0.455. The molecule has 0 saturated carbocycles. The van der Waals surface area contributed by atoms with Crippen LogP contribution in [0.25, 0.3) is 0 Å². The zero-order valence-corrected chi connectivity index (χ0v) is 9.44. The summed E-state index contributed by atoms with van der Waals surface area (Å²) in [4.78, 5) is 0. The molecule has 0 N–H and O–H groups in total. The van der Waals surface area contributed by atoms with Crippen LogP contribution < -0.4 is 4.74 Å². The van der Waals surface area contributed by atoms with Gasteiger partial charge in [0.05, 0.1) is 6.10 Å². The Hall–Kier alpha value is -0.830. The Kier molecular flexibility index (Phi) is 4.33. The normalized spacial score (nSPS) is 12.6. The van der Waals surface area contributed by atoms with Gasteiger partial charge in [0.2, 0.25) is 0 Å². The van der Waals surface area contributed by atoms with Gasteiger partial charge in [-0.2, -0.15) is 0 Å². The van der Waals surface area contributed by atoms with Crippen LogP contribution in [0, 0.1) is 11.6 Å². The molecule has 0 radical (unpaired) electrons. The molecule has 1 aromatic rings. The van der Waals surface area contributed by atoms with Crippen molar-refractivity contribution >= 4 is 11.6 Å². The molecule has 0 fully saturated rings. The number of halogens is 3. The number of rotatable bonds is 4. The molecule has 0 spiro atoms. The summed E-state index contributed by atoms with van der Waals surface area (Å²) < 4.78 is 31.9. The Morgan fingerprint density at radius 2 is 1.87 bits per heavy atom. The van der Waals surface area contributed by atoms with Crippen LogP contribution in [0.3, 0.4) is 0 Å². The molecule has 0 aromatic heterocycles. The standard InChI is InChI=1S/C11H13ClF2O/c1-3-7(2)15-11-9(13)4-8(6-12)5-10(11)14/h4-5,7H,3,6H2,1-2H3. The topological polar surface area (TPSA) is 9.23 Å². The molecule has 15 heavy (non-hydrogen) atoms. The summed E-state index contributed by atoms with van der Waals surface area (Å²) >= 11 is 5.48. The van der Waals surface area contributed by atoms with Crippen molar-refractivity contribution in [3.63, 3.8) is 0 Å². The first kappa shape index (κ1) is 12.2. The van der Waals surface area contributed by atoms with E-state index in [2.05, 4.69) is 0 Å². The molecule has 0 amide bonds. The van der Waals surface area contributed by atoms with Crippen LogP contribution in [-0.2, 0) is 5.88 Å². The highest BCUT2D eigenvalue weighted by molar-refractivity contribution is 6.17. The minimum atomic E-state index is -0.703. The average molecular weight is 235 g/mol. The summed E-state index contributed by atoms with van der Waals surface area (Å²) in [5.74, 6) is -1.65. The summed E-state index contributed by atoms with van der Waals surface area (Å²) in [6, 6.07) is 2.38. The van der Waals surface area contributed by atoms with Crippen molar-refractivity contribution < 1.29 is 13.5 Å². The van der Waals surface area contributed by atoms with E-state index in [9.17, 15) is 8.78 Å². The molecule has 84 valence electrons. The lowest BCUT2D eigenvalue weighted by Crippen LogP contribution is -2.12. The zero-order chi connectivity index (χ0) is 11.4. The predicted octanol–water partition coefficient (Wildman–Crippen LogP) is 3.88. The van der Waals surface area contributed by atoms with E-state index in [0.717, 1.165) is 0 Å². The summed E-state index contributed by atoms with van der Waals surface area (Å²) in [6.45, 7) is 3.64. The smallest absolute Gasteiger partial charge is 0.191 e. The number of ether oxygens (including phenoxy) is 1. The van der Waals surface area contributed by atoms with Gasteiger partial charge in [-0.05, 0) is 31.0 Å². The van der Waals surface area contributed by atoms with Crippen LogP contribution in [0.5, 0.6) is 5.75 Å². The lowest BCUT2D eigenvalue weighted by Gasteiger charge is -2.14. The van der Waals surface area contributed by atoms with Crippen LogP contribution in [-0.4, -0.2) is 6.10 Å². The van der Waals surface area contributed by atoms with Crippen molar-refractivity contribution in [2.24, 2.45) is 0 Å². The quantitative estimate of drug-likeness (QED) is 0.719. The summed E-state index contributed by atoms with van der Waals surface area (Å²) in [7, 11) is 0. The van der Waals surface area contributed by atoms with Gasteiger partial charge in [0.1, 0.15) is 0 Å². The fourth-order valence-electron chi connectivity index (χ4n) is 1.09. The van der Waals surface area contributed by atoms with Gasteiger partial charge >= 0.3 is 0 Å². The lowest BCUT2D eigenvalue weighted by atomic mass is 10.2. The van der Waals surface area contributed by atoms with Gasteiger partial charge in [-0.1, -0.05) is 6.92 Å². The second-order valence-electron chi connectivity index (χ2n) is 3.36. The van der Waals surface area contributed by atoms with Gasteiger partial charge in [0, 0.05) is 5.88 Å². The molecule has 4 heteroatoms. The molecule has 1 nitrogen and oxygen atoms in total. The molecule has 0 saturated heterocycles. The Morgan fingerprint density at radius 1 is 1.33 bits per heavy atom. The second kappa shape index (κ2) is 5.31. The van der Waals surface area contributed by atoms with Crippen molar-refractivity contribution in [2.45, 2.75) is 32.3 Å². The van der Waals surface area contributed by atoms with Crippen LogP contribution in [0.15, 0.2) is 12.1 Å². The lowest BCUT2D eigenvalue weighted by molar-refractivity contribution is 0.197. The molecule has 1 atom stereocenters. The number of hydrogen-bond donors (Lipinski definition) is 0. The van der Waals surface area contributed by atoms with Crippen LogP contribution >= 0.6 is 11.6 Å². The van der Waals surface area contributed by atoms with E-state index in [1.165, 1.54) is 12.1 Å². The molecule has 1 rings (SSSR count). The molecule has 0 bridgehead atoms. The van der Waals surface area contributed by atoms with E-state index in [1.807, 2.05) is 6.92 Å². The fourth-order valence-corrected chi connectivity index (χ4v) is 1.24. The third kappa shape index (κ3) is 3.06. The van der Waals surface area contributed by atoms with Crippen LogP contribution in [0.1, 0.15) is 25.8 Å².